The number of likely N-dealkylation sites (tertiary alicyclic amines) is 1. The number of carbonyl (C=O) groups excluding carboxylic acids is 2. The van der Waals surface area contributed by atoms with E-state index in [4.69, 9.17) is 18.9 Å². The average molecular weight is 601 g/mol. The molecule has 0 aromatic heterocycles. The third-order valence-electron chi connectivity index (χ3n) is 7.72. The van der Waals surface area contributed by atoms with Gasteiger partial charge in [0.25, 0.3) is 11.7 Å². The highest BCUT2D eigenvalue weighted by Crippen LogP contribution is 2.42. The number of hydrogen-bond acceptors (Lipinski definition) is 8. The summed E-state index contributed by atoms with van der Waals surface area (Å²) in [7, 11) is 0. The SMILES string of the molecule is CCCOc1ccc(C(O)=C2C(=O)C(=O)N(CCN3CCOCC3)C2c2ccc(OCc3ccccc3)c(OCC)c2)cc1. The molecule has 5 rings (SSSR count). The van der Waals surface area contributed by atoms with Gasteiger partial charge in [-0.15, -0.1) is 0 Å². The fraction of sp³-hybridized carbons (Fsp3) is 0.371. The minimum atomic E-state index is -0.811. The topological polar surface area (TPSA) is 97.8 Å². The first-order valence-corrected chi connectivity index (χ1v) is 15.2. The van der Waals surface area contributed by atoms with Gasteiger partial charge in [-0.3, -0.25) is 14.5 Å². The smallest absolute Gasteiger partial charge is 0.295 e. The van der Waals surface area contributed by atoms with Gasteiger partial charge in [0.05, 0.1) is 38.0 Å². The predicted octanol–water partition coefficient (Wildman–Crippen LogP) is 5.21. The van der Waals surface area contributed by atoms with Crippen LogP contribution in [0.4, 0.5) is 0 Å². The predicted molar refractivity (Wildman–Crippen MR) is 167 cm³/mol. The Morgan fingerprint density at radius 3 is 2.34 bits per heavy atom. The van der Waals surface area contributed by atoms with E-state index in [1.165, 1.54) is 0 Å². The van der Waals surface area contributed by atoms with E-state index in [9.17, 15) is 14.7 Å². The number of benzene rings is 3. The Morgan fingerprint density at radius 1 is 0.886 bits per heavy atom. The number of rotatable bonds is 13. The molecule has 9 heteroatoms. The zero-order valence-electron chi connectivity index (χ0n) is 25.4. The molecule has 2 fully saturated rings. The Kier molecular flexibility index (Phi) is 10.5. The van der Waals surface area contributed by atoms with Crippen LogP contribution in [0, 0.1) is 0 Å². The van der Waals surface area contributed by atoms with Crippen LogP contribution in [-0.4, -0.2) is 79.2 Å². The van der Waals surface area contributed by atoms with Crippen LogP contribution in [0.2, 0.25) is 0 Å². The number of nitrogens with zero attached hydrogens (tertiary/aromatic N) is 2. The van der Waals surface area contributed by atoms with Crippen LogP contribution in [0.5, 0.6) is 17.2 Å². The van der Waals surface area contributed by atoms with Gasteiger partial charge in [-0.1, -0.05) is 43.3 Å². The van der Waals surface area contributed by atoms with Gasteiger partial charge >= 0.3 is 0 Å². The molecule has 3 aromatic carbocycles. The van der Waals surface area contributed by atoms with E-state index in [-0.39, 0.29) is 11.3 Å². The molecule has 0 spiro atoms. The van der Waals surface area contributed by atoms with Gasteiger partial charge in [-0.25, -0.2) is 0 Å². The lowest BCUT2D eigenvalue weighted by Gasteiger charge is -2.31. The molecule has 2 aliphatic heterocycles. The van der Waals surface area contributed by atoms with Crippen molar-refractivity contribution < 1.29 is 33.6 Å². The molecule has 1 amide bonds. The number of amides is 1. The molecule has 0 radical (unpaired) electrons. The zero-order chi connectivity index (χ0) is 30.9. The van der Waals surface area contributed by atoms with Gasteiger partial charge in [-0.2, -0.15) is 0 Å². The van der Waals surface area contributed by atoms with Crippen LogP contribution in [0.1, 0.15) is 43.0 Å². The molecule has 2 heterocycles. The van der Waals surface area contributed by atoms with E-state index >= 15 is 0 Å². The molecule has 0 bridgehead atoms. The van der Waals surface area contributed by atoms with Crippen molar-refractivity contribution in [1.29, 1.82) is 0 Å². The maximum atomic E-state index is 13.6. The van der Waals surface area contributed by atoms with Crippen LogP contribution >= 0.6 is 0 Å². The molecule has 2 saturated heterocycles. The Labute approximate surface area is 258 Å². The third kappa shape index (κ3) is 7.23. The first kappa shape index (κ1) is 31.1. The number of carbonyl (C=O) groups is 2. The van der Waals surface area contributed by atoms with E-state index in [2.05, 4.69) is 4.90 Å². The molecule has 44 heavy (non-hydrogen) atoms. The summed E-state index contributed by atoms with van der Waals surface area (Å²) in [6.45, 7) is 8.89. The number of aliphatic hydroxyl groups excluding tert-OH is 1. The van der Waals surface area contributed by atoms with Crippen molar-refractivity contribution in [3.63, 3.8) is 0 Å². The van der Waals surface area contributed by atoms with Gasteiger partial charge in [0, 0.05) is 31.7 Å². The first-order chi connectivity index (χ1) is 21.5. The molecule has 3 aromatic rings. The molecule has 1 unspecified atom stereocenters. The van der Waals surface area contributed by atoms with Crippen LogP contribution in [0.3, 0.4) is 0 Å². The normalized spacial score (nSPS) is 18.4. The van der Waals surface area contributed by atoms with E-state index < -0.39 is 17.7 Å². The Balaban J connectivity index is 1.50. The number of Topliss-reactive ketones (excluding diaryl/α,β-unsaturated/α-hetero) is 1. The number of ether oxygens (including phenoxy) is 4. The molecular weight excluding hydrogens is 560 g/mol. The second-order valence-corrected chi connectivity index (χ2v) is 10.7. The van der Waals surface area contributed by atoms with Crippen LogP contribution in [0.15, 0.2) is 78.4 Å². The summed E-state index contributed by atoms with van der Waals surface area (Å²) in [6, 6.07) is 21.4. The summed E-state index contributed by atoms with van der Waals surface area (Å²) in [5, 5.41) is 11.5. The number of aliphatic hydroxyl groups is 1. The van der Waals surface area contributed by atoms with Crippen molar-refractivity contribution in [1.82, 2.24) is 9.80 Å². The minimum absolute atomic E-state index is 0.0413. The van der Waals surface area contributed by atoms with Crippen LogP contribution in [-0.2, 0) is 20.9 Å². The summed E-state index contributed by atoms with van der Waals surface area (Å²) in [5.74, 6) is 0.118. The standard InChI is InChI=1S/C35H40N2O7/c1-3-20-43-28-13-10-26(11-14-28)33(38)31-32(37(35(40)34(31)39)17-16-36-18-21-41-22-19-36)27-12-15-29(30(23-27)42-4-2)44-24-25-8-6-5-7-9-25/h5-15,23,32,38H,3-4,16-22,24H2,1-2H3. The highest BCUT2D eigenvalue weighted by molar-refractivity contribution is 6.46. The fourth-order valence-corrected chi connectivity index (χ4v) is 5.43. The Morgan fingerprint density at radius 2 is 1.64 bits per heavy atom. The van der Waals surface area contributed by atoms with Gasteiger partial charge in [0.2, 0.25) is 0 Å². The lowest BCUT2D eigenvalue weighted by atomic mass is 9.95. The Bertz CT molecular complexity index is 1450. The lowest BCUT2D eigenvalue weighted by molar-refractivity contribution is -0.140. The van der Waals surface area contributed by atoms with E-state index in [0.717, 1.165) is 25.1 Å². The average Bonchev–Trinajstić information content (AvgIpc) is 3.32. The highest BCUT2D eigenvalue weighted by atomic mass is 16.5. The number of hydrogen-bond donors (Lipinski definition) is 1. The number of ketones is 1. The van der Waals surface area contributed by atoms with Crippen molar-refractivity contribution in [2.75, 3.05) is 52.6 Å². The summed E-state index contributed by atoms with van der Waals surface area (Å²) in [5.41, 5.74) is 2.13. The van der Waals surface area contributed by atoms with E-state index in [0.29, 0.717) is 74.5 Å². The molecule has 0 saturated carbocycles. The zero-order valence-corrected chi connectivity index (χ0v) is 25.4. The van der Waals surface area contributed by atoms with Crippen LogP contribution in [0.25, 0.3) is 5.76 Å². The highest BCUT2D eigenvalue weighted by Gasteiger charge is 2.46. The van der Waals surface area contributed by atoms with Gasteiger partial charge in [0.1, 0.15) is 18.1 Å². The monoisotopic (exact) mass is 600 g/mol. The lowest BCUT2D eigenvalue weighted by Crippen LogP contribution is -2.42. The van der Waals surface area contributed by atoms with Crippen LogP contribution < -0.4 is 14.2 Å². The summed E-state index contributed by atoms with van der Waals surface area (Å²) in [6.07, 6.45) is 0.870. The van der Waals surface area contributed by atoms with E-state index in [1.807, 2.05) is 50.2 Å². The third-order valence-corrected chi connectivity index (χ3v) is 7.72. The minimum Gasteiger partial charge on any atom is -0.507 e. The van der Waals surface area contributed by atoms with Crippen molar-refractivity contribution in [2.24, 2.45) is 0 Å². The van der Waals surface area contributed by atoms with Gasteiger partial charge < -0.3 is 29.0 Å². The molecular formula is C35H40N2O7. The largest absolute Gasteiger partial charge is 0.507 e. The summed E-state index contributed by atoms with van der Waals surface area (Å²) < 4.78 is 23.2. The molecule has 1 atom stereocenters. The first-order valence-electron chi connectivity index (χ1n) is 15.2. The summed E-state index contributed by atoms with van der Waals surface area (Å²) in [4.78, 5) is 30.9. The van der Waals surface area contributed by atoms with Crippen molar-refractivity contribution in [3.05, 3.63) is 95.1 Å². The fourth-order valence-electron chi connectivity index (χ4n) is 5.43. The van der Waals surface area contributed by atoms with Crippen molar-refractivity contribution in [2.45, 2.75) is 32.9 Å². The number of morpholine rings is 1. The molecule has 1 N–H and O–H groups in total. The molecule has 2 aliphatic rings. The van der Waals surface area contributed by atoms with Crippen molar-refractivity contribution in [3.8, 4) is 17.2 Å². The second-order valence-electron chi connectivity index (χ2n) is 10.7. The van der Waals surface area contributed by atoms with Gasteiger partial charge in [0.15, 0.2) is 11.5 Å². The molecule has 0 aliphatic carbocycles. The molecule has 232 valence electrons. The maximum Gasteiger partial charge on any atom is 0.295 e. The quantitative estimate of drug-likeness (QED) is 0.162. The van der Waals surface area contributed by atoms with Crippen molar-refractivity contribution >= 4 is 17.4 Å². The summed E-state index contributed by atoms with van der Waals surface area (Å²) >= 11 is 0. The van der Waals surface area contributed by atoms with Gasteiger partial charge in [-0.05, 0) is 60.9 Å². The molecule has 9 nitrogen and oxygen atoms in total. The Hall–Kier alpha value is -4.34. The maximum absolute atomic E-state index is 13.6. The second kappa shape index (κ2) is 14.9. The van der Waals surface area contributed by atoms with E-state index in [1.54, 1.807) is 41.3 Å².